The van der Waals surface area contributed by atoms with Gasteiger partial charge in [-0.05, 0) is 67.4 Å². The molecule has 0 radical (unpaired) electrons. The number of aryl methyl sites for hydroxylation is 2. The van der Waals surface area contributed by atoms with Crippen LogP contribution in [0.15, 0.2) is 89.3 Å². The average molecular weight is 573 g/mol. The number of Topliss-reactive ketones (excluding diaryl/α,β-unsaturated/α-hetero) is 1. The van der Waals surface area contributed by atoms with Crippen molar-refractivity contribution in [1.82, 2.24) is 4.90 Å². The van der Waals surface area contributed by atoms with E-state index in [1.807, 2.05) is 6.07 Å². The summed E-state index contributed by atoms with van der Waals surface area (Å²) in [6, 6.07) is 21.1. The summed E-state index contributed by atoms with van der Waals surface area (Å²) in [5.41, 5.74) is 2.01. The van der Waals surface area contributed by atoms with Gasteiger partial charge < -0.3 is 24.5 Å². The standard InChI is InChI=1S/C32H29ClN2O6/c1-18-17-25(19(2)41-18)30(36)27-26(20-11-15-24(40-3)16-12-20)29(31(37)38)35(28(27)21-9-13-22(33)14-10-21)32(39)34-23-7-5-4-6-8-23/h4-17,26-29H,1-3H3,(H,34,39)(H,37,38). The van der Waals surface area contributed by atoms with E-state index in [1.54, 1.807) is 92.7 Å². The number of hydrogen-bond acceptors (Lipinski definition) is 5. The molecule has 2 N–H and O–H groups in total. The first-order chi connectivity index (χ1) is 19.7. The molecule has 0 aliphatic carbocycles. The number of carbonyl (C=O) groups excluding carboxylic acids is 2. The number of aliphatic carboxylic acids is 1. The van der Waals surface area contributed by atoms with E-state index in [1.165, 1.54) is 12.0 Å². The molecule has 2 heterocycles. The fraction of sp³-hybridized carbons (Fsp3) is 0.219. The second kappa shape index (κ2) is 11.5. The first-order valence-electron chi connectivity index (χ1n) is 13.1. The number of nitrogens with one attached hydrogen (secondary N) is 1. The number of carboxylic acid groups (broad SMARTS) is 1. The average Bonchev–Trinajstić information content (AvgIpc) is 3.50. The van der Waals surface area contributed by atoms with Gasteiger partial charge in [-0.15, -0.1) is 0 Å². The van der Waals surface area contributed by atoms with Gasteiger partial charge in [-0.1, -0.05) is 54.1 Å². The van der Waals surface area contributed by atoms with E-state index in [-0.39, 0.29) is 5.78 Å². The first-order valence-corrected chi connectivity index (χ1v) is 13.4. The third kappa shape index (κ3) is 5.43. The van der Waals surface area contributed by atoms with E-state index in [0.29, 0.717) is 44.7 Å². The Balaban J connectivity index is 1.73. The van der Waals surface area contributed by atoms with Crippen molar-refractivity contribution in [2.24, 2.45) is 5.92 Å². The van der Waals surface area contributed by atoms with Crippen LogP contribution in [0.4, 0.5) is 10.5 Å². The maximum atomic E-state index is 14.5. The van der Waals surface area contributed by atoms with Crippen molar-refractivity contribution in [3.8, 4) is 5.75 Å². The second-order valence-electron chi connectivity index (χ2n) is 10.00. The molecule has 1 aromatic heterocycles. The zero-order chi connectivity index (χ0) is 29.3. The summed E-state index contributed by atoms with van der Waals surface area (Å²) >= 11 is 6.20. The third-order valence-corrected chi connectivity index (χ3v) is 7.75. The summed E-state index contributed by atoms with van der Waals surface area (Å²) in [5, 5.41) is 14.0. The lowest BCUT2D eigenvalue weighted by Crippen LogP contribution is -2.45. The van der Waals surface area contributed by atoms with Gasteiger partial charge in [0.1, 0.15) is 23.3 Å². The van der Waals surface area contributed by atoms with Gasteiger partial charge in [0, 0.05) is 16.6 Å². The molecule has 4 atom stereocenters. The number of halogens is 1. The molecule has 4 aromatic rings. The number of nitrogens with zero attached hydrogens (tertiary/aromatic N) is 1. The first kappa shape index (κ1) is 28.0. The SMILES string of the molecule is COc1ccc(C2C(C(=O)c3cc(C)oc3C)C(c3ccc(Cl)cc3)N(C(=O)Nc3ccccc3)C2C(=O)O)cc1. The van der Waals surface area contributed by atoms with Crippen LogP contribution in [0.3, 0.4) is 0 Å². The summed E-state index contributed by atoms with van der Waals surface area (Å²) < 4.78 is 11.0. The quantitative estimate of drug-likeness (QED) is 0.234. The number of para-hydroxylation sites is 1. The van der Waals surface area contributed by atoms with Crippen molar-refractivity contribution in [3.05, 3.63) is 118 Å². The number of methoxy groups -OCH3 is 1. The van der Waals surface area contributed by atoms with Crippen molar-refractivity contribution in [1.29, 1.82) is 0 Å². The largest absolute Gasteiger partial charge is 0.497 e. The van der Waals surface area contributed by atoms with Gasteiger partial charge in [-0.2, -0.15) is 0 Å². The smallest absolute Gasteiger partial charge is 0.327 e. The van der Waals surface area contributed by atoms with Crippen LogP contribution in [0.5, 0.6) is 5.75 Å². The van der Waals surface area contributed by atoms with Crippen LogP contribution in [-0.2, 0) is 4.79 Å². The number of urea groups is 1. The molecule has 0 spiro atoms. The summed E-state index contributed by atoms with van der Waals surface area (Å²) in [6.07, 6.45) is 0. The monoisotopic (exact) mass is 572 g/mol. The molecule has 8 nitrogen and oxygen atoms in total. The van der Waals surface area contributed by atoms with Crippen molar-refractivity contribution in [3.63, 3.8) is 0 Å². The molecule has 3 aromatic carbocycles. The number of hydrogen-bond donors (Lipinski definition) is 2. The molecule has 4 unspecified atom stereocenters. The Kier molecular flexibility index (Phi) is 7.85. The number of carboxylic acids is 1. The molecule has 0 bridgehead atoms. The molecular formula is C32H29ClN2O6. The number of benzene rings is 3. The summed E-state index contributed by atoms with van der Waals surface area (Å²) in [6.45, 7) is 3.44. The van der Waals surface area contributed by atoms with Gasteiger partial charge >= 0.3 is 12.0 Å². The van der Waals surface area contributed by atoms with Gasteiger partial charge in [0.25, 0.3) is 0 Å². The Hall–Kier alpha value is -4.56. The number of likely N-dealkylation sites (tertiary alicyclic amines) is 1. The highest BCUT2D eigenvalue weighted by molar-refractivity contribution is 6.30. The number of furan rings is 1. The lowest BCUT2D eigenvalue weighted by Gasteiger charge is -2.30. The Bertz CT molecular complexity index is 1570. The third-order valence-electron chi connectivity index (χ3n) is 7.50. The van der Waals surface area contributed by atoms with E-state index in [4.69, 9.17) is 20.8 Å². The zero-order valence-corrected chi connectivity index (χ0v) is 23.5. The predicted molar refractivity (Wildman–Crippen MR) is 155 cm³/mol. The highest BCUT2D eigenvalue weighted by atomic mass is 35.5. The summed E-state index contributed by atoms with van der Waals surface area (Å²) in [7, 11) is 1.53. The minimum absolute atomic E-state index is 0.318. The van der Waals surface area contributed by atoms with E-state index in [0.717, 1.165) is 0 Å². The number of anilines is 1. The predicted octanol–water partition coefficient (Wildman–Crippen LogP) is 6.88. The van der Waals surface area contributed by atoms with Crippen LogP contribution in [0, 0.1) is 19.8 Å². The Labute approximate surface area is 242 Å². The molecule has 210 valence electrons. The molecule has 1 aliphatic heterocycles. The topological polar surface area (TPSA) is 109 Å². The van der Waals surface area contributed by atoms with Crippen molar-refractivity contribution < 1.29 is 28.6 Å². The molecule has 41 heavy (non-hydrogen) atoms. The molecule has 1 fully saturated rings. The van der Waals surface area contributed by atoms with Crippen LogP contribution in [0.25, 0.3) is 0 Å². The molecule has 0 saturated carbocycles. The highest BCUT2D eigenvalue weighted by Crippen LogP contribution is 2.52. The number of ether oxygens (including phenoxy) is 1. The fourth-order valence-corrected chi connectivity index (χ4v) is 5.88. The van der Waals surface area contributed by atoms with E-state index < -0.39 is 35.9 Å². The Morgan fingerprint density at radius 1 is 0.927 bits per heavy atom. The van der Waals surface area contributed by atoms with Gasteiger partial charge in [0.05, 0.1) is 24.6 Å². The van der Waals surface area contributed by atoms with Crippen molar-refractivity contribution >= 4 is 35.1 Å². The fourth-order valence-electron chi connectivity index (χ4n) is 5.75. The van der Waals surface area contributed by atoms with E-state index >= 15 is 0 Å². The minimum atomic E-state index is -1.38. The Morgan fingerprint density at radius 3 is 2.12 bits per heavy atom. The van der Waals surface area contributed by atoms with Gasteiger partial charge in [-0.3, -0.25) is 4.79 Å². The maximum absolute atomic E-state index is 14.5. The lowest BCUT2D eigenvalue weighted by molar-refractivity contribution is -0.142. The lowest BCUT2D eigenvalue weighted by atomic mass is 9.76. The van der Waals surface area contributed by atoms with Gasteiger partial charge in [0.15, 0.2) is 5.78 Å². The molecule has 2 amide bonds. The maximum Gasteiger partial charge on any atom is 0.327 e. The molecule has 1 aliphatic rings. The van der Waals surface area contributed by atoms with Crippen LogP contribution in [0.1, 0.15) is 45.0 Å². The van der Waals surface area contributed by atoms with Crippen LogP contribution in [-0.4, -0.2) is 40.9 Å². The van der Waals surface area contributed by atoms with E-state index in [9.17, 15) is 19.5 Å². The van der Waals surface area contributed by atoms with Gasteiger partial charge in [0.2, 0.25) is 0 Å². The number of amides is 2. The normalized spacial score (nSPS) is 20.0. The number of ketones is 1. The van der Waals surface area contributed by atoms with Crippen molar-refractivity contribution in [2.45, 2.75) is 31.8 Å². The molecule has 1 saturated heterocycles. The highest BCUT2D eigenvalue weighted by Gasteiger charge is 2.58. The minimum Gasteiger partial charge on any atom is -0.497 e. The van der Waals surface area contributed by atoms with Gasteiger partial charge in [-0.25, -0.2) is 9.59 Å². The zero-order valence-electron chi connectivity index (χ0n) is 22.7. The Morgan fingerprint density at radius 2 is 1.56 bits per heavy atom. The number of rotatable bonds is 7. The second-order valence-corrected chi connectivity index (χ2v) is 10.4. The van der Waals surface area contributed by atoms with Crippen LogP contribution in [0.2, 0.25) is 5.02 Å². The van der Waals surface area contributed by atoms with E-state index in [2.05, 4.69) is 5.32 Å². The van der Waals surface area contributed by atoms with Crippen molar-refractivity contribution in [2.75, 3.05) is 12.4 Å². The van der Waals surface area contributed by atoms with Crippen LogP contribution < -0.4 is 10.1 Å². The van der Waals surface area contributed by atoms with Crippen LogP contribution >= 0.6 is 11.6 Å². The summed E-state index contributed by atoms with van der Waals surface area (Å²) in [4.78, 5) is 42.8. The summed E-state index contributed by atoms with van der Waals surface area (Å²) in [5.74, 6) is -1.86. The molecular weight excluding hydrogens is 544 g/mol. The number of carbonyl (C=O) groups is 3. The molecule has 5 rings (SSSR count). The molecule has 9 heteroatoms.